The lowest BCUT2D eigenvalue weighted by Crippen LogP contribution is -2.36. The minimum absolute atomic E-state index is 0.210. The van der Waals surface area contributed by atoms with Gasteiger partial charge in [0.2, 0.25) is 0 Å². The molecule has 0 fully saturated rings. The van der Waals surface area contributed by atoms with E-state index in [1.165, 1.54) is 4.90 Å². The van der Waals surface area contributed by atoms with E-state index in [9.17, 15) is 14.4 Å². The summed E-state index contributed by atoms with van der Waals surface area (Å²) in [5.41, 5.74) is 3.05. The van der Waals surface area contributed by atoms with Gasteiger partial charge in [0, 0.05) is 17.5 Å². The van der Waals surface area contributed by atoms with Crippen LogP contribution in [-0.2, 0) is 29.3 Å². The molecule has 1 amide bonds. The summed E-state index contributed by atoms with van der Waals surface area (Å²) in [6.07, 6.45) is 3.84. The van der Waals surface area contributed by atoms with E-state index in [4.69, 9.17) is 4.74 Å². The summed E-state index contributed by atoms with van der Waals surface area (Å²) < 4.78 is 7.70. The summed E-state index contributed by atoms with van der Waals surface area (Å²) in [6.45, 7) is 1.10. The minimum atomic E-state index is -0.629. The van der Waals surface area contributed by atoms with Gasteiger partial charge in [0.25, 0.3) is 5.91 Å². The largest absolute Gasteiger partial charge is 0.487 e. The fraction of sp³-hybridized carbons (Fsp3) is 0.261. The maximum absolute atomic E-state index is 12.8. The number of hydrogen-bond donors (Lipinski definition) is 0. The van der Waals surface area contributed by atoms with Gasteiger partial charge in [0.1, 0.15) is 30.6 Å². The average Bonchev–Trinajstić information content (AvgIpc) is 3.38. The first kappa shape index (κ1) is 20.5. The van der Waals surface area contributed by atoms with Gasteiger partial charge in [-0.05, 0) is 24.1 Å². The molecule has 158 valence electrons. The summed E-state index contributed by atoms with van der Waals surface area (Å²) in [5.74, 6) is 0.350. The zero-order valence-electron chi connectivity index (χ0n) is 16.9. The van der Waals surface area contributed by atoms with Crippen molar-refractivity contribution in [3.05, 3.63) is 77.1 Å². The van der Waals surface area contributed by atoms with Gasteiger partial charge in [0.05, 0.1) is 25.3 Å². The third-order valence-corrected chi connectivity index (χ3v) is 5.24. The van der Waals surface area contributed by atoms with Crippen LogP contribution >= 0.6 is 0 Å². The number of nitrogens with zero attached hydrogens (tertiary/aromatic N) is 4. The topological polar surface area (TPSA) is 94.4 Å². The molecule has 1 atom stereocenters. The van der Waals surface area contributed by atoms with Crippen LogP contribution in [0.15, 0.2) is 54.7 Å². The second kappa shape index (κ2) is 9.34. The number of benzene rings is 2. The van der Waals surface area contributed by atoms with Crippen LogP contribution < -0.4 is 4.74 Å². The Morgan fingerprint density at radius 1 is 1.10 bits per heavy atom. The lowest BCUT2D eigenvalue weighted by Gasteiger charge is -2.22. The molecule has 2 heterocycles. The van der Waals surface area contributed by atoms with Crippen molar-refractivity contribution < 1.29 is 19.1 Å². The highest BCUT2D eigenvalue weighted by Gasteiger charge is 2.34. The summed E-state index contributed by atoms with van der Waals surface area (Å²) in [6, 6.07) is 14.6. The van der Waals surface area contributed by atoms with Crippen molar-refractivity contribution in [2.45, 2.75) is 38.6 Å². The fourth-order valence-electron chi connectivity index (χ4n) is 3.67. The molecule has 0 saturated heterocycles. The number of aromatic nitrogens is 3. The van der Waals surface area contributed by atoms with Gasteiger partial charge < -0.3 is 19.2 Å². The van der Waals surface area contributed by atoms with Crippen LogP contribution in [0.4, 0.5) is 0 Å². The van der Waals surface area contributed by atoms with Crippen LogP contribution in [0.5, 0.6) is 5.75 Å². The Labute approximate surface area is 179 Å². The SMILES string of the molecule is O=CCCC(C=O)N1Cc2c(OCc3cn(Cc4ccccc4)nn3)cccc2C1=O. The molecule has 1 aliphatic rings. The standard InChI is InChI=1S/C23H22N4O4/c28-11-5-8-19(15-29)27-14-21-20(23(27)30)9-4-10-22(21)31-16-18-13-26(25-24-18)12-17-6-2-1-3-7-17/h1-4,6-7,9-11,13,15,19H,5,8,12,14,16H2. The van der Waals surface area contributed by atoms with E-state index in [1.807, 2.05) is 36.5 Å². The summed E-state index contributed by atoms with van der Waals surface area (Å²) in [4.78, 5) is 36.4. The van der Waals surface area contributed by atoms with Crippen molar-refractivity contribution >= 4 is 18.5 Å². The van der Waals surface area contributed by atoms with Gasteiger partial charge in [-0.15, -0.1) is 5.10 Å². The number of hydrogen-bond acceptors (Lipinski definition) is 6. The number of carbonyl (C=O) groups excluding carboxylic acids is 3. The number of ether oxygens (including phenoxy) is 1. The van der Waals surface area contributed by atoms with Crippen molar-refractivity contribution in [2.75, 3.05) is 0 Å². The summed E-state index contributed by atoms with van der Waals surface area (Å²) >= 11 is 0. The molecule has 1 aromatic heterocycles. The van der Waals surface area contributed by atoms with E-state index in [0.717, 1.165) is 23.7 Å². The van der Waals surface area contributed by atoms with Crippen LogP contribution in [0.3, 0.4) is 0 Å². The van der Waals surface area contributed by atoms with Gasteiger partial charge in [-0.2, -0.15) is 0 Å². The zero-order chi connectivity index (χ0) is 21.6. The van der Waals surface area contributed by atoms with E-state index in [2.05, 4.69) is 10.3 Å². The number of rotatable bonds is 10. The molecule has 1 aliphatic heterocycles. The van der Waals surface area contributed by atoms with E-state index in [1.54, 1.807) is 22.9 Å². The number of fused-ring (bicyclic) bond motifs is 1. The highest BCUT2D eigenvalue weighted by atomic mass is 16.5. The minimum Gasteiger partial charge on any atom is -0.487 e. The number of carbonyl (C=O) groups is 3. The normalized spacial score (nSPS) is 13.7. The van der Waals surface area contributed by atoms with E-state index in [-0.39, 0.29) is 25.5 Å². The second-order valence-corrected chi connectivity index (χ2v) is 7.34. The van der Waals surface area contributed by atoms with E-state index < -0.39 is 6.04 Å². The Morgan fingerprint density at radius 2 is 1.94 bits per heavy atom. The lowest BCUT2D eigenvalue weighted by molar-refractivity contribution is -0.112. The molecule has 3 aromatic rings. The van der Waals surface area contributed by atoms with Crippen molar-refractivity contribution in [1.29, 1.82) is 0 Å². The van der Waals surface area contributed by atoms with Crippen molar-refractivity contribution in [2.24, 2.45) is 0 Å². The Hall–Kier alpha value is -3.81. The van der Waals surface area contributed by atoms with Crippen LogP contribution in [-0.4, -0.2) is 44.4 Å². The molecule has 4 rings (SSSR count). The van der Waals surface area contributed by atoms with Crippen molar-refractivity contribution in [3.8, 4) is 5.75 Å². The van der Waals surface area contributed by atoms with Gasteiger partial charge in [-0.25, -0.2) is 4.68 Å². The van der Waals surface area contributed by atoms with Crippen molar-refractivity contribution in [1.82, 2.24) is 19.9 Å². The maximum Gasteiger partial charge on any atom is 0.255 e. The quantitative estimate of drug-likeness (QED) is 0.469. The smallest absolute Gasteiger partial charge is 0.255 e. The molecular weight excluding hydrogens is 396 g/mol. The van der Waals surface area contributed by atoms with Crippen molar-refractivity contribution in [3.63, 3.8) is 0 Å². The van der Waals surface area contributed by atoms with Gasteiger partial charge in [0.15, 0.2) is 0 Å². The Bertz CT molecular complexity index is 1080. The predicted molar refractivity (Wildman–Crippen MR) is 111 cm³/mol. The van der Waals surface area contributed by atoms with E-state index >= 15 is 0 Å². The second-order valence-electron chi connectivity index (χ2n) is 7.34. The third-order valence-electron chi connectivity index (χ3n) is 5.24. The number of amides is 1. The molecule has 8 nitrogen and oxygen atoms in total. The highest BCUT2D eigenvalue weighted by molar-refractivity contribution is 6.00. The summed E-state index contributed by atoms with van der Waals surface area (Å²) in [5, 5.41) is 8.30. The molecule has 0 spiro atoms. The molecule has 1 unspecified atom stereocenters. The molecule has 0 radical (unpaired) electrons. The molecule has 2 aromatic carbocycles. The van der Waals surface area contributed by atoms with Gasteiger partial charge in [-0.3, -0.25) is 4.79 Å². The predicted octanol–water partition coefficient (Wildman–Crippen LogP) is 2.41. The molecule has 0 bridgehead atoms. The average molecular weight is 418 g/mol. The Balaban J connectivity index is 1.43. The molecular formula is C23H22N4O4. The first-order valence-corrected chi connectivity index (χ1v) is 10.1. The monoisotopic (exact) mass is 418 g/mol. The first-order valence-electron chi connectivity index (χ1n) is 10.1. The number of aldehydes is 2. The Morgan fingerprint density at radius 3 is 2.71 bits per heavy atom. The molecule has 0 aliphatic carbocycles. The highest BCUT2D eigenvalue weighted by Crippen LogP contribution is 2.32. The molecule has 0 saturated carbocycles. The Kier molecular flexibility index (Phi) is 6.16. The van der Waals surface area contributed by atoms with Crippen LogP contribution in [0, 0.1) is 0 Å². The van der Waals surface area contributed by atoms with Gasteiger partial charge in [-0.1, -0.05) is 41.6 Å². The van der Waals surface area contributed by atoms with Crippen LogP contribution in [0.1, 0.15) is 40.0 Å². The molecule has 31 heavy (non-hydrogen) atoms. The summed E-state index contributed by atoms with van der Waals surface area (Å²) in [7, 11) is 0. The third kappa shape index (κ3) is 4.53. The first-order chi connectivity index (χ1) is 15.2. The zero-order valence-corrected chi connectivity index (χ0v) is 16.9. The molecule has 8 heteroatoms. The van der Waals surface area contributed by atoms with Gasteiger partial charge >= 0.3 is 0 Å². The van der Waals surface area contributed by atoms with E-state index in [0.29, 0.717) is 30.0 Å². The molecule has 0 N–H and O–H groups in total. The maximum atomic E-state index is 12.8. The van der Waals surface area contributed by atoms with Crippen LogP contribution in [0.25, 0.3) is 0 Å². The fourth-order valence-corrected chi connectivity index (χ4v) is 3.67. The lowest BCUT2D eigenvalue weighted by atomic mass is 10.1. The van der Waals surface area contributed by atoms with Crippen LogP contribution in [0.2, 0.25) is 0 Å².